The third-order valence-electron chi connectivity index (χ3n) is 2.15. The van der Waals surface area contributed by atoms with Crippen molar-refractivity contribution < 1.29 is 23.9 Å². The summed E-state index contributed by atoms with van der Waals surface area (Å²) in [4.78, 5) is 33.1. The van der Waals surface area contributed by atoms with E-state index >= 15 is 0 Å². The summed E-state index contributed by atoms with van der Waals surface area (Å²) in [5, 5.41) is 2.05. The summed E-state index contributed by atoms with van der Waals surface area (Å²) >= 11 is 0. The zero-order valence-corrected chi connectivity index (χ0v) is 8.71. The van der Waals surface area contributed by atoms with E-state index in [1.807, 2.05) is 6.07 Å². The largest absolute Gasteiger partial charge is 0.459 e. The molecule has 0 saturated carbocycles. The minimum Gasteiger partial charge on any atom is -0.459 e. The van der Waals surface area contributed by atoms with Gasteiger partial charge in [-0.3, -0.25) is 5.32 Å². The highest BCUT2D eigenvalue weighted by atomic mass is 16.6. The zero-order valence-electron chi connectivity index (χ0n) is 8.71. The van der Waals surface area contributed by atoms with Crippen molar-refractivity contribution in [2.45, 2.75) is 12.6 Å². The fourth-order valence-corrected chi connectivity index (χ4v) is 1.32. The highest BCUT2D eigenvalue weighted by molar-refractivity contribution is 6.08. The van der Waals surface area contributed by atoms with Gasteiger partial charge in [-0.2, -0.15) is 0 Å². The number of amides is 1. The molecule has 1 aromatic carbocycles. The second kappa shape index (κ2) is 4.65. The molecule has 1 aliphatic rings. The molecule has 0 aromatic heterocycles. The first-order chi connectivity index (χ1) is 8.16. The van der Waals surface area contributed by atoms with E-state index in [4.69, 9.17) is 4.74 Å². The topological polar surface area (TPSA) is 81.7 Å². The molecule has 1 saturated heterocycles. The number of alkyl carbamates (subject to hydrolysis) is 1. The summed E-state index contributed by atoms with van der Waals surface area (Å²) in [7, 11) is 0. The van der Waals surface area contributed by atoms with Gasteiger partial charge in [0.1, 0.15) is 6.61 Å². The summed E-state index contributed by atoms with van der Waals surface area (Å²) in [6, 6.07) is 7.63. The van der Waals surface area contributed by atoms with Crippen molar-refractivity contribution in [2.75, 3.05) is 0 Å². The summed E-state index contributed by atoms with van der Waals surface area (Å²) in [6.07, 6.45) is -0.934. The van der Waals surface area contributed by atoms with Crippen LogP contribution < -0.4 is 5.32 Å². The number of ether oxygens (including phenoxy) is 2. The minimum atomic E-state index is -1.36. The lowest BCUT2D eigenvalue weighted by molar-refractivity contribution is -0.152. The van der Waals surface area contributed by atoms with Crippen LogP contribution in [0.25, 0.3) is 0 Å². The van der Waals surface area contributed by atoms with Crippen molar-refractivity contribution in [1.82, 2.24) is 5.32 Å². The Morgan fingerprint density at radius 2 is 2.00 bits per heavy atom. The maximum Gasteiger partial charge on any atom is 0.416 e. The van der Waals surface area contributed by atoms with Gasteiger partial charge in [-0.05, 0) is 5.56 Å². The number of hydrogen-bond donors (Lipinski definition) is 1. The lowest BCUT2D eigenvalue weighted by Crippen LogP contribution is -2.38. The number of esters is 2. The van der Waals surface area contributed by atoms with Gasteiger partial charge >= 0.3 is 18.0 Å². The molecular weight excluding hydrogens is 226 g/mol. The van der Waals surface area contributed by atoms with Crippen LogP contribution in [0.4, 0.5) is 4.79 Å². The average Bonchev–Trinajstić information content (AvgIpc) is 2.67. The van der Waals surface area contributed by atoms with Gasteiger partial charge in [0.25, 0.3) is 0 Å². The van der Waals surface area contributed by atoms with E-state index < -0.39 is 24.1 Å². The van der Waals surface area contributed by atoms with E-state index in [0.29, 0.717) is 0 Å². The lowest BCUT2D eigenvalue weighted by atomic mass is 10.2. The Hall–Kier alpha value is -2.37. The van der Waals surface area contributed by atoms with Gasteiger partial charge in [-0.15, -0.1) is 0 Å². The monoisotopic (exact) mass is 235 g/mol. The predicted molar refractivity (Wildman–Crippen MR) is 54.6 cm³/mol. The fourth-order valence-electron chi connectivity index (χ4n) is 1.32. The summed E-state index contributed by atoms with van der Waals surface area (Å²) in [5.41, 5.74) is 0.790. The molecule has 0 bridgehead atoms. The van der Waals surface area contributed by atoms with Crippen LogP contribution in [-0.2, 0) is 25.7 Å². The molecule has 0 unspecified atom stereocenters. The van der Waals surface area contributed by atoms with Gasteiger partial charge in [-0.1, -0.05) is 30.3 Å². The number of carbonyl (C=O) groups is 3. The van der Waals surface area contributed by atoms with Gasteiger partial charge in [0, 0.05) is 0 Å². The third-order valence-corrected chi connectivity index (χ3v) is 2.15. The smallest absolute Gasteiger partial charge is 0.416 e. The molecule has 1 atom stereocenters. The van der Waals surface area contributed by atoms with Crippen molar-refractivity contribution in [3.05, 3.63) is 35.9 Å². The van der Waals surface area contributed by atoms with Crippen LogP contribution in [-0.4, -0.2) is 24.1 Å². The molecule has 1 heterocycles. The van der Waals surface area contributed by atoms with Crippen LogP contribution in [0.2, 0.25) is 0 Å². The minimum absolute atomic E-state index is 0.0410. The highest BCUT2D eigenvalue weighted by Gasteiger charge is 2.39. The Kier molecular flexibility index (Phi) is 3.04. The standard InChI is InChI=1S/C11H9NO5/c13-9(8-10(14)17-11(15)12-8)16-6-7-4-2-1-3-5-7/h1-5,8H,6H2,(H,12,15)/t8-/m0/s1. The Bertz CT molecular complexity index is 456. The zero-order chi connectivity index (χ0) is 12.3. The molecule has 0 radical (unpaired) electrons. The first kappa shape index (κ1) is 11.1. The Labute approximate surface area is 96.5 Å². The molecule has 1 aliphatic heterocycles. The third kappa shape index (κ3) is 2.60. The molecule has 1 aromatic rings. The lowest BCUT2D eigenvalue weighted by Gasteiger charge is -2.06. The Morgan fingerprint density at radius 1 is 1.29 bits per heavy atom. The van der Waals surface area contributed by atoms with Crippen molar-refractivity contribution in [1.29, 1.82) is 0 Å². The van der Waals surface area contributed by atoms with Gasteiger partial charge in [0.05, 0.1) is 0 Å². The number of carbonyl (C=O) groups excluding carboxylic acids is 3. The molecular formula is C11H9NO5. The SMILES string of the molecule is O=C1N[C@@H](C(=O)OCc2ccccc2)C(=O)O1. The van der Waals surface area contributed by atoms with Crippen molar-refractivity contribution in [3.63, 3.8) is 0 Å². The van der Waals surface area contributed by atoms with Crippen molar-refractivity contribution >= 4 is 18.0 Å². The summed E-state index contributed by atoms with van der Waals surface area (Å²) < 4.78 is 9.03. The Morgan fingerprint density at radius 3 is 2.59 bits per heavy atom. The molecule has 0 spiro atoms. The summed E-state index contributed by atoms with van der Waals surface area (Å²) in [6.45, 7) is 0.0410. The van der Waals surface area contributed by atoms with Gasteiger partial charge in [-0.25, -0.2) is 14.4 Å². The number of cyclic esters (lactones) is 2. The van der Waals surface area contributed by atoms with Gasteiger partial charge in [0.15, 0.2) is 0 Å². The van der Waals surface area contributed by atoms with E-state index in [9.17, 15) is 14.4 Å². The van der Waals surface area contributed by atoms with Gasteiger partial charge in [0.2, 0.25) is 6.04 Å². The summed E-state index contributed by atoms with van der Waals surface area (Å²) in [5.74, 6) is -1.77. The molecule has 0 aliphatic carbocycles. The van der Waals surface area contributed by atoms with E-state index in [0.717, 1.165) is 5.56 Å². The van der Waals surface area contributed by atoms with Crippen LogP contribution in [0.15, 0.2) is 30.3 Å². The molecule has 6 heteroatoms. The quantitative estimate of drug-likeness (QED) is 0.604. The number of nitrogens with one attached hydrogen (secondary N) is 1. The predicted octanol–water partition coefficient (Wildman–Crippen LogP) is 0.365. The van der Waals surface area contributed by atoms with Crippen LogP contribution in [0.3, 0.4) is 0 Å². The second-order valence-corrected chi connectivity index (χ2v) is 3.38. The molecule has 88 valence electrons. The molecule has 6 nitrogen and oxygen atoms in total. The van der Waals surface area contributed by atoms with Crippen LogP contribution in [0, 0.1) is 0 Å². The number of rotatable bonds is 3. The van der Waals surface area contributed by atoms with E-state index in [1.165, 1.54) is 0 Å². The molecule has 1 amide bonds. The van der Waals surface area contributed by atoms with Crippen LogP contribution >= 0.6 is 0 Å². The van der Waals surface area contributed by atoms with Gasteiger partial charge < -0.3 is 9.47 Å². The number of hydrogen-bond acceptors (Lipinski definition) is 5. The highest BCUT2D eigenvalue weighted by Crippen LogP contribution is 2.05. The second-order valence-electron chi connectivity index (χ2n) is 3.38. The number of benzene rings is 1. The molecule has 1 N–H and O–H groups in total. The Balaban J connectivity index is 1.90. The van der Waals surface area contributed by atoms with Crippen LogP contribution in [0.5, 0.6) is 0 Å². The van der Waals surface area contributed by atoms with E-state index in [1.54, 1.807) is 24.3 Å². The fraction of sp³-hybridized carbons (Fsp3) is 0.182. The van der Waals surface area contributed by atoms with Crippen molar-refractivity contribution in [3.8, 4) is 0 Å². The normalized spacial score (nSPS) is 18.5. The maximum absolute atomic E-state index is 11.4. The maximum atomic E-state index is 11.4. The molecule has 2 rings (SSSR count). The first-order valence-electron chi connectivity index (χ1n) is 4.89. The van der Waals surface area contributed by atoms with E-state index in [-0.39, 0.29) is 6.61 Å². The van der Waals surface area contributed by atoms with E-state index in [2.05, 4.69) is 10.1 Å². The molecule has 1 fully saturated rings. The average molecular weight is 235 g/mol. The first-order valence-corrected chi connectivity index (χ1v) is 4.89. The molecule has 17 heavy (non-hydrogen) atoms. The van der Waals surface area contributed by atoms with Crippen molar-refractivity contribution in [2.24, 2.45) is 0 Å². The van der Waals surface area contributed by atoms with Crippen LogP contribution in [0.1, 0.15) is 5.56 Å².